The lowest BCUT2D eigenvalue weighted by molar-refractivity contribution is 0.461. The monoisotopic (exact) mass is 290 g/mol. The zero-order chi connectivity index (χ0) is 14.4. The lowest BCUT2D eigenvalue weighted by atomic mass is 10.2. The topological polar surface area (TPSA) is 34.2 Å². The van der Waals surface area contributed by atoms with Gasteiger partial charge in [-0.3, -0.25) is 0 Å². The number of aromatic nitrogens is 1. The minimum atomic E-state index is 0.580. The maximum absolute atomic E-state index is 5.93. The van der Waals surface area contributed by atoms with Crippen LogP contribution in [0.3, 0.4) is 0 Å². The van der Waals surface area contributed by atoms with E-state index in [1.807, 2.05) is 30.3 Å². The van der Waals surface area contributed by atoms with Crippen LogP contribution in [0.4, 0.5) is 0 Å². The van der Waals surface area contributed by atoms with Gasteiger partial charge in [0.05, 0.1) is 0 Å². The Labute approximate surface area is 124 Å². The first-order valence-electron chi connectivity index (χ1n) is 6.72. The fourth-order valence-electron chi connectivity index (χ4n) is 1.77. The zero-order valence-electron chi connectivity index (χ0n) is 11.8. The van der Waals surface area contributed by atoms with Gasteiger partial charge < -0.3 is 10.1 Å². The van der Waals surface area contributed by atoms with E-state index in [-0.39, 0.29) is 0 Å². The molecule has 0 bridgehead atoms. The average Bonchev–Trinajstić information content (AvgIpc) is 2.39. The molecule has 4 heteroatoms. The van der Waals surface area contributed by atoms with Crippen molar-refractivity contribution < 1.29 is 4.74 Å². The van der Waals surface area contributed by atoms with Crippen molar-refractivity contribution in [3.05, 3.63) is 53.2 Å². The number of rotatable bonds is 6. The van der Waals surface area contributed by atoms with E-state index >= 15 is 0 Å². The molecule has 1 aromatic carbocycles. The van der Waals surface area contributed by atoms with Gasteiger partial charge in [-0.05, 0) is 42.3 Å². The van der Waals surface area contributed by atoms with Crippen LogP contribution in [0.2, 0.25) is 5.02 Å². The normalized spacial score (nSPS) is 10.8. The van der Waals surface area contributed by atoms with Crippen LogP contribution in [-0.2, 0) is 6.54 Å². The SMILES string of the molecule is CC(C)CNCc1ccnc(Oc2cccc(Cl)c2)c1. The minimum absolute atomic E-state index is 0.580. The molecule has 2 aromatic rings. The number of pyridine rings is 1. The summed E-state index contributed by atoms with van der Waals surface area (Å²) in [7, 11) is 0. The molecule has 0 unspecified atom stereocenters. The molecule has 0 fully saturated rings. The highest BCUT2D eigenvalue weighted by molar-refractivity contribution is 6.30. The van der Waals surface area contributed by atoms with Gasteiger partial charge in [-0.15, -0.1) is 0 Å². The van der Waals surface area contributed by atoms with Crippen molar-refractivity contribution in [2.45, 2.75) is 20.4 Å². The summed E-state index contributed by atoms with van der Waals surface area (Å²) < 4.78 is 5.70. The molecular formula is C16H19ClN2O. The molecule has 2 rings (SSSR count). The first-order chi connectivity index (χ1) is 9.63. The van der Waals surface area contributed by atoms with Crippen molar-refractivity contribution in [3.8, 4) is 11.6 Å². The van der Waals surface area contributed by atoms with Crippen LogP contribution in [0.5, 0.6) is 11.6 Å². The molecule has 1 aromatic heterocycles. The number of ether oxygens (including phenoxy) is 1. The number of benzene rings is 1. The third-order valence-electron chi connectivity index (χ3n) is 2.70. The Hall–Kier alpha value is -1.58. The van der Waals surface area contributed by atoms with Crippen LogP contribution in [0.1, 0.15) is 19.4 Å². The largest absolute Gasteiger partial charge is 0.439 e. The van der Waals surface area contributed by atoms with Crippen LogP contribution >= 0.6 is 11.6 Å². The van der Waals surface area contributed by atoms with E-state index in [1.54, 1.807) is 12.3 Å². The first-order valence-corrected chi connectivity index (χ1v) is 7.10. The van der Waals surface area contributed by atoms with Crippen LogP contribution in [-0.4, -0.2) is 11.5 Å². The van der Waals surface area contributed by atoms with E-state index in [4.69, 9.17) is 16.3 Å². The summed E-state index contributed by atoms with van der Waals surface area (Å²) >= 11 is 5.93. The van der Waals surface area contributed by atoms with E-state index in [2.05, 4.69) is 24.1 Å². The Morgan fingerprint density at radius 2 is 2.10 bits per heavy atom. The van der Waals surface area contributed by atoms with E-state index in [0.717, 1.165) is 18.7 Å². The summed E-state index contributed by atoms with van der Waals surface area (Å²) in [6, 6.07) is 11.2. The molecule has 0 atom stereocenters. The summed E-state index contributed by atoms with van der Waals surface area (Å²) in [5.74, 6) is 1.91. The Bertz CT molecular complexity index is 558. The standard InChI is InChI=1S/C16H19ClN2O/c1-12(2)10-18-11-13-6-7-19-16(8-13)20-15-5-3-4-14(17)9-15/h3-9,12,18H,10-11H2,1-2H3. The van der Waals surface area contributed by atoms with Gasteiger partial charge in [0, 0.05) is 23.8 Å². The number of nitrogens with zero attached hydrogens (tertiary/aromatic N) is 1. The van der Waals surface area contributed by atoms with Crippen LogP contribution in [0.15, 0.2) is 42.6 Å². The molecule has 106 valence electrons. The van der Waals surface area contributed by atoms with Crippen molar-refractivity contribution in [1.29, 1.82) is 0 Å². The summed E-state index contributed by atoms with van der Waals surface area (Å²) in [6.07, 6.45) is 1.76. The maximum Gasteiger partial charge on any atom is 0.219 e. The van der Waals surface area contributed by atoms with Crippen molar-refractivity contribution in [1.82, 2.24) is 10.3 Å². The Kier molecular flexibility index (Phi) is 5.39. The number of hydrogen-bond acceptors (Lipinski definition) is 3. The fourth-order valence-corrected chi connectivity index (χ4v) is 1.95. The quantitative estimate of drug-likeness (QED) is 0.862. The Morgan fingerprint density at radius 1 is 1.25 bits per heavy atom. The lowest BCUT2D eigenvalue weighted by Gasteiger charge is -2.09. The molecule has 1 N–H and O–H groups in total. The van der Waals surface area contributed by atoms with Crippen molar-refractivity contribution in [2.24, 2.45) is 5.92 Å². The van der Waals surface area contributed by atoms with E-state index in [0.29, 0.717) is 22.6 Å². The zero-order valence-corrected chi connectivity index (χ0v) is 12.5. The van der Waals surface area contributed by atoms with Crippen LogP contribution in [0, 0.1) is 5.92 Å². The molecule has 0 spiro atoms. The third-order valence-corrected chi connectivity index (χ3v) is 2.93. The lowest BCUT2D eigenvalue weighted by Crippen LogP contribution is -2.18. The van der Waals surface area contributed by atoms with Gasteiger partial charge >= 0.3 is 0 Å². The summed E-state index contributed by atoms with van der Waals surface area (Å²) in [6.45, 7) is 6.18. The number of nitrogens with one attached hydrogen (secondary N) is 1. The van der Waals surface area contributed by atoms with Crippen molar-refractivity contribution in [2.75, 3.05) is 6.54 Å². The van der Waals surface area contributed by atoms with Gasteiger partial charge in [0.25, 0.3) is 0 Å². The highest BCUT2D eigenvalue weighted by atomic mass is 35.5. The highest BCUT2D eigenvalue weighted by Crippen LogP contribution is 2.23. The van der Waals surface area contributed by atoms with Gasteiger partial charge in [-0.2, -0.15) is 0 Å². The minimum Gasteiger partial charge on any atom is -0.439 e. The van der Waals surface area contributed by atoms with Gasteiger partial charge in [-0.25, -0.2) is 4.98 Å². The van der Waals surface area contributed by atoms with E-state index < -0.39 is 0 Å². The second-order valence-corrected chi connectivity index (χ2v) is 5.52. The third kappa shape index (κ3) is 4.83. The predicted octanol–water partition coefficient (Wildman–Crippen LogP) is 4.27. The number of hydrogen-bond donors (Lipinski definition) is 1. The summed E-state index contributed by atoms with van der Waals surface area (Å²) in [5.41, 5.74) is 1.15. The maximum atomic E-state index is 5.93. The molecule has 0 radical (unpaired) electrons. The molecule has 0 aliphatic rings. The molecule has 0 aliphatic carbocycles. The smallest absolute Gasteiger partial charge is 0.219 e. The summed E-state index contributed by atoms with van der Waals surface area (Å²) in [5, 5.41) is 4.05. The molecule has 1 heterocycles. The molecule has 0 amide bonds. The molecular weight excluding hydrogens is 272 g/mol. The molecule has 0 aliphatic heterocycles. The van der Waals surface area contributed by atoms with E-state index in [1.165, 1.54) is 0 Å². The molecule has 0 saturated heterocycles. The van der Waals surface area contributed by atoms with Crippen LogP contribution in [0.25, 0.3) is 0 Å². The van der Waals surface area contributed by atoms with Crippen LogP contribution < -0.4 is 10.1 Å². The number of halogens is 1. The first kappa shape index (κ1) is 14.8. The molecule has 20 heavy (non-hydrogen) atoms. The van der Waals surface area contributed by atoms with Gasteiger partial charge in [-0.1, -0.05) is 31.5 Å². The van der Waals surface area contributed by atoms with Crippen molar-refractivity contribution in [3.63, 3.8) is 0 Å². The van der Waals surface area contributed by atoms with Gasteiger partial charge in [0.15, 0.2) is 0 Å². The summed E-state index contributed by atoms with van der Waals surface area (Å²) in [4.78, 5) is 4.21. The molecule has 0 saturated carbocycles. The van der Waals surface area contributed by atoms with E-state index in [9.17, 15) is 0 Å². The van der Waals surface area contributed by atoms with Crippen molar-refractivity contribution >= 4 is 11.6 Å². The second-order valence-electron chi connectivity index (χ2n) is 5.09. The molecule has 3 nitrogen and oxygen atoms in total. The van der Waals surface area contributed by atoms with Gasteiger partial charge in [0.1, 0.15) is 5.75 Å². The Morgan fingerprint density at radius 3 is 2.85 bits per heavy atom. The second kappa shape index (κ2) is 7.27. The average molecular weight is 291 g/mol. The highest BCUT2D eigenvalue weighted by Gasteiger charge is 2.02. The predicted molar refractivity (Wildman–Crippen MR) is 82.3 cm³/mol. The van der Waals surface area contributed by atoms with Gasteiger partial charge in [0.2, 0.25) is 5.88 Å². The Balaban J connectivity index is 1.99. The fraction of sp³-hybridized carbons (Fsp3) is 0.312.